The summed E-state index contributed by atoms with van der Waals surface area (Å²) in [7, 11) is 1.55. The highest BCUT2D eigenvalue weighted by Gasteiger charge is 2.51. The van der Waals surface area contributed by atoms with Crippen LogP contribution in [-0.4, -0.2) is 44.6 Å². The summed E-state index contributed by atoms with van der Waals surface area (Å²) in [5.41, 5.74) is 8.19. The van der Waals surface area contributed by atoms with Crippen LogP contribution >= 0.6 is 0 Å². The number of methoxy groups -OCH3 is 1. The molecule has 2 aromatic carbocycles. The minimum atomic E-state index is -1.18. The molecule has 0 unspecified atom stereocenters. The van der Waals surface area contributed by atoms with Gasteiger partial charge in [-0.25, -0.2) is 9.48 Å². The lowest BCUT2D eigenvalue weighted by molar-refractivity contribution is -0.140. The normalized spacial score (nSPS) is 14.2. The van der Waals surface area contributed by atoms with Crippen molar-refractivity contribution in [3.05, 3.63) is 53.7 Å². The molecule has 3 aromatic rings. The first-order valence-corrected chi connectivity index (χ1v) is 9.36. The number of nitrogens with zero attached hydrogens (tertiary/aromatic N) is 3. The minimum absolute atomic E-state index is 0.309. The van der Waals surface area contributed by atoms with Crippen LogP contribution in [0.1, 0.15) is 28.8 Å². The van der Waals surface area contributed by atoms with Crippen molar-refractivity contribution in [1.82, 2.24) is 20.3 Å². The van der Waals surface area contributed by atoms with Gasteiger partial charge >= 0.3 is 5.97 Å². The number of rotatable bonds is 6. The smallest absolute Gasteiger partial charge is 0.329 e. The van der Waals surface area contributed by atoms with Gasteiger partial charge in [-0.15, -0.1) is 5.10 Å². The van der Waals surface area contributed by atoms with Crippen LogP contribution in [0.15, 0.2) is 42.6 Å². The topological polar surface area (TPSA) is 132 Å². The number of carbonyl (C=O) groups is 2. The maximum Gasteiger partial charge on any atom is 0.329 e. The van der Waals surface area contributed by atoms with E-state index in [0.29, 0.717) is 46.8 Å². The van der Waals surface area contributed by atoms with E-state index < -0.39 is 17.4 Å². The number of hydrogen-bond acceptors (Lipinski definition) is 6. The predicted octanol–water partition coefficient (Wildman–Crippen LogP) is 2.18. The van der Waals surface area contributed by atoms with Crippen molar-refractivity contribution in [2.75, 3.05) is 12.8 Å². The summed E-state index contributed by atoms with van der Waals surface area (Å²) in [6, 6.07) is 10.4. The highest BCUT2D eigenvalue weighted by atomic mass is 16.5. The fraction of sp³-hybridized carbons (Fsp3) is 0.238. The van der Waals surface area contributed by atoms with Gasteiger partial charge in [0.25, 0.3) is 5.91 Å². The Morgan fingerprint density at radius 2 is 2.00 bits per heavy atom. The number of hydrogen-bond donors (Lipinski definition) is 3. The van der Waals surface area contributed by atoms with Gasteiger partial charge in [-0.2, -0.15) is 0 Å². The molecule has 1 heterocycles. The van der Waals surface area contributed by atoms with E-state index in [0.717, 1.165) is 5.56 Å². The summed E-state index contributed by atoms with van der Waals surface area (Å²) in [5.74, 6) is -0.902. The van der Waals surface area contributed by atoms with Crippen molar-refractivity contribution >= 4 is 17.6 Å². The number of carboxylic acid groups (broad SMARTS) is 1. The van der Waals surface area contributed by atoms with Crippen molar-refractivity contribution in [3.8, 4) is 22.7 Å². The third-order valence-corrected chi connectivity index (χ3v) is 5.15. The molecule has 30 heavy (non-hydrogen) atoms. The van der Waals surface area contributed by atoms with E-state index in [4.69, 9.17) is 10.5 Å². The fourth-order valence-electron chi connectivity index (χ4n) is 3.26. The van der Waals surface area contributed by atoms with Crippen LogP contribution in [0, 0.1) is 6.92 Å². The van der Waals surface area contributed by atoms with E-state index in [-0.39, 0.29) is 0 Å². The van der Waals surface area contributed by atoms with Crippen LogP contribution in [0.25, 0.3) is 16.9 Å². The Balaban J connectivity index is 1.72. The summed E-state index contributed by atoms with van der Waals surface area (Å²) >= 11 is 0. The van der Waals surface area contributed by atoms with E-state index >= 15 is 0 Å². The lowest BCUT2D eigenvalue weighted by Gasteiger charge is -2.15. The van der Waals surface area contributed by atoms with Gasteiger partial charge in [0.2, 0.25) is 0 Å². The van der Waals surface area contributed by atoms with Crippen molar-refractivity contribution in [3.63, 3.8) is 0 Å². The number of ether oxygens (including phenoxy) is 1. The molecule has 1 aliphatic rings. The van der Waals surface area contributed by atoms with Gasteiger partial charge < -0.3 is 20.9 Å². The van der Waals surface area contributed by atoms with Gasteiger partial charge in [-0.1, -0.05) is 11.3 Å². The Morgan fingerprint density at radius 3 is 2.67 bits per heavy atom. The molecule has 4 N–H and O–H groups in total. The zero-order valence-electron chi connectivity index (χ0n) is 16.5. The summed E-state index contributed by atoms with van der Waals surface area (Å²) < 4.78 is 6.87. The molecule has 9 heteroatoms. The molecule has 0 saturated heterocycles. The van der Waals surface area contributed by atoms with E-state index in [1.54, 1.807) is 49.7 Å². The number of amides is 1. The molecule has 4 rings (SSSR count). The van der Waals surface area contributed by atoms with Crippen molar-refractivity contribution in [2.24, 2.45) is 0 Å². The molecule has 0 aliphatic heterocycles. The second kappa shape index (κ2) is 7.18. The number of benzene rings is 2. The maximum absolute atomic E-state index is 12.9. The molecular formula is C21H21N5O4. The highest BCUT2D eigenvalue weighted by Crippen LogP contribution is 2.36. The summed E-state index contributed by atoms with van der Waals surface area (Å²) in [5, 5.41) is 20.4. The standard InChI is InChI=1S/C21H21N5O4/c1-12-3-5-14(19(27)23-21(7-8-21)20(28)29)17(9-12)26-11-16(24-25-26)15-10-13(22)4-6-18(15)30-2/h3-6,9-11H,7-8,22H2,1-2H3,(H,23,27)(H,28,29). The number of carboxylic acids is 1. The Bertz CT molecular complexity index is 1150. The number of aromatic nitrogens is 3. The minimum Gasteiger partial charge on any atom is -0.496 e. The van der Waals surface area contributed by atoms with Crippen LogP contribution < -0.4 is 15.8 Å². The van der Waals surface area contributed by atoms with Crippen LogP contribution in [-0.2, 0) is 4.79 Å². The number of aryl methyl sites for hydroxylation is 1. The van der Waals surface area contributed by atoms with Crippen molar-refractivity contribution in [2.45, 2.75) is 25.3 Å². The first-order chi connectivity index (χ1) is 14.3. The number of nitrogens with one attached hydrogen (secondary N) is 1. The van der Waals surface area contributed by atoms with Crippen molar-refractivity contribution < 1.29 is 19.4 Å². The molecule has 1 aromatic heterocycles. The molecule has 1 fully saturated rings. The third kappa shape index (κ3) is 3.45. The summed E-state index contributed by atoms with van der Waals surface area (Å²) in [6.45, 7) is 1.89. The van der Waals surface area contributed by atoms with Crippen LogP contribution in [0.2, 0.25) is 0 Å². The Hall–Kier alpha value is -3.88. The molecule has 1 aliphatic carbocycles. The largest absolute Gasteiger partial charge is 0.496 e. The zero-order valence-corrected chi connectivity index (χ0v) is 16.5. The van der Waals surface area contributed by atoms with Gasteiger partial charge in [0.05, 0.1) is 24.6 Å². The first kappa shape index (κ1) is 19.4. The zero-order chi connectivity index (χ0) is 21.5. The third-order valence-electron chi connectivity index (χ3n) is 5.15. The highest BCUT2D eigenvalue weighted by molar-refractivity contribution is 6.01. The molecule has 1 amide bonds. The van der Waals surface area contributed by atoms with E-state index in [9.17, 15) is 14.7 Å². The molecule has 0 bridgehead atoms. The van der Waals surface area contributed by atoms with Gasteiger partial charge in [0, 0.05) is 11.3 Å². The second-order valence-electron chi connectivity index (χ2n) is 7.37. The molecule has 0 atom stereocenters. The molecule has 154 valence electrons. The molecule has 0 spiro atoms. The quantitative estimate of drug-likeness (QED) is 0.534. The summed E-state index contributed by atoms with van der Waals surface area (Å²) in [4.78, 5) is 24.3. The van der Waals surface area contributed by atoms with E-state index in [1.165, 1.54) is 4.68 Å². The Kier molecular flexibility index (Phi) is 4.65. The summed E-state index contributed by atoms with van der Waals surface area (Å²) in [6.07, 6.45) is 2.50. The van der Waals surface area contributed by atoms with Crippen LogP contribution in [0.3, 0.4) is 0 Å². The van der Waals surface area contributed by atoms with Crippen molar-refractivity contribution in [1.29, 1.82) is 0 Å². The lowest BCUT2D eigenvalue weighted by Crippen LogP contribution is -2.43. The van der Waals surface area contributed by atoms with E-state index in [1.807, 2.05) is 6.92 Å². The Morgan fingerprint density at radius 1 is 1.23 bits per heavy atom. The fourth-order valence-corrected chi connectivity index (χ4v) is 3.26. The number of aliphatic carboxylic acids is 1. The molecule has 1 saturated carbocycles. The predicted molar refractivity (Wildman–Crippen MR) is 110 cm³/mol. The second-order valence-corrected chi connectivity index (χ2v) is 7.37. The first-order valence-electron chi connectivity index (χ1n) is 9.36. The number of nitrogen functional groups attached to an aromatic ring is 1. The van der Waals surface area contributed by atoms with E-state index in [2.05, 4.69) is 15.6 Å². The van der Waals surface area contributed by atoms with Gasteiger partial charge in [-0.05, 0) is 55.7 Å². The number of carbonyl (C=O) groups excluding carboxylic acids is 1. The van der Waals surface area contributed by atoms with Gasteiger partial charge in [0.1, 0.15) is 17.0 Å². The number of anilines is 1. The van der Waals surface area contributed by atoms with Crippen LogP contribution in [0.4, 0.5) is 5.69 Å². The average molecular weight is 407 g/mol. The maximum atomic E-state index is 12.9. The van der Waals surface area contributed by atoms with Gasteiger partial charge in [-0.3, -0.25) is 4.79 Å². The monoisotopic (exact) mass is 407 g/mol. The lowest BCUT2D eigenvalue weighted by atomic mass is 10.1. The SMILES string of the molecule is COc1ccc(N)cc1-c1cn(-c2cc(C)ccc2C(=O)NC2(C(=O)O)CC2)nn1. The van der Waals surface area contributed by atoms with Crippen LogP contribution in [0.5, 0.6) is 5.75 Å². The molecule has 9 nitrogen and oxygen atoms in total. The number of nitrogens with two attached hydrogens (primary N) is 1. The average Bonchev–Trinajstić information content (AvgIpc) is 3.34. The Labute approximate surface area is 172 Å². The van der Waals surface area contributed by atoms with Gasteiger partial charge in [0.15, 0.2) is 0 Å². The molecule has 0 radical (unpaired) electrons. The molecular weight excluding hydrogens is 386 g/mol.